The maximum absolute atomic E-state index is 13.8. The first-order valence-corrected chi connectivity index (χ1v) is 14.7. The number of ether oxygens (including phenoxy) is 2. The molecule has 1 saturated carbocycles. The monoisotopic (exact) mass is 608 g/mol. The van der Waals surface area contributed by atoms with Crippen LogP contribution in [0.15, 0.2) is 66.7 Å². The smallest absolute Gasteiger partial charge is 0.417 e. The van der Waals surface area contributed by atoms with Crippen LogP contribution in [-0.2, 0) is 27.0 Å². The summed E-state index contributed by atoms with van der Waals surface area (Å²) in [7, 11) is 1.46. The topological polar surface area (TPSA) is 76.2 Å². The predicted molar refractivity (Wildman–Crippen MR) is 158 cm³/mol. The van der Waals surface area contributed by atoms with E-state index in [4.69, 9.17) is 9.47 Å². The van der Waals surface area contributed by atoms with E-state index in [1.165, 1.54) is 13.2 Å². The molecule has 0 N–H and O–H groups in total. The first-order valence-electron chi connectivity index (χ1n) is 14.7. The van der Waals surface area contributed by atoms with Gasteiger partial charge in [-0.15, -0.1) is 0 Å². The fourth-order valence-corrected chi connectivity index (χ4v) is 5.71. The number of alkyl halides is 3. The zero-order chi connectivity index (χ0) is 31.8. The highest BCUT2D eigenvalue weighted by atomic mass is 19.4. The molecule has 2 aliphatic rings. The minimum Gasteiger partial charge on any atom is -0.496 e. The molecule has 0 spiro atoms. The zero-order valence-corrected chi connectivity index (χ0v) is 25.1. The van der Waals surface area contributed by atoms with Crippen molar-refractivity contribution < 1.29 is 37.0 Å². The lowest BCUT2D eigenvalue weighted by Gasteiger charge is -2.25. The first kappa shape index (κ1) is 31.1. The van der Waals surface area contributed by atoms with Crippen LogP contribution >= 0.6 is 0 Å². The minimum atomic E-state index is -4.57. The summed E-state index contributed by atoms with van der Waals surface area (Å²) in [5, 5.41) is 0. The Morgan fingerprint density at radius 2 is 1.75 bits per heavy atom. The third-order valence-electron chi connectivity index (χ3n) is 8.43. The highest BCUT2D eigenvalue weighted by molar-refractivity contribution is 5.97. The molecule has 44 heavy (non-hydrogen) atoms. The van der Waals surface area contributed by atoms with Crippen molar-refractivity contribution in [3.8, 4) is 16.9 Å². The van der Waals surface area contributed by atoms with Crippen LogP contribution in [0.1, 0.15) is 67.9 Å². The van der Waals surface area contributed by atoms with Gasteiger partial charge in [0.1, 0.15) is 11.9 Å². The van der Waals surface area contributed by atoms with E-state index in [2.05, 4.69) is 0 Å². The van der Waals surface area contributed by atoms with Crippen LogP contribution in [0.5, 0.6) is 5.75 Å². The Morgan fingerprint density at radius 3 is 2.36 bits per heavy atom. The van der Waals surface area contributed by atoms with Gasteiger partial charge in [0.25, 0.3) is 0 Å². The summed E-state index contributed by atoms with van der Waals surface area (Å²) in [6.45, 7) is 5.57. The predicted octanol–water partition coefficient (Wildman–Crippen LogP) is 7.35. The van der Waals surface area contributed by atoms with Gasteiger partial charge < -0.3 is 14.4 Å². The molecule has 10 heteroatoms. The van der Waals surface area contributed by atoms with E-state index in [1.807, 2.05) is 30.3 Å². The highest BCUT2D eigenvalue weighted by Crippen LogP contribution is 2.41. The largest absolute Gasteiger partial charge is 0.496 e. The van der Waals surface area contributed by atoms with Crippen molar-refractivity contribution in [2.75, 3.05) is 13.7 Å². The summed E-state index contributed by atoms with van der Waals surface area (Å²) in [4.78, 5) is 42.2. The average molecular weight is 609 g/mol. The van der Waals surface area contributed by atoms with Gasteiger partial charge in [0.15, 0.2) is 0 Å². The Balaban J connectivity index is 1.50. The maximum atomic E-state index is 13.8. The van der Waals surface area contributed by atoms with Crippen LogP contribution in [0.2, 0.25) is 0 Å². The molecular weight excluding hydrogens is 573 g/mol. The van der Waals surface area contributed by atoms with E-state index in [0.717, 1.165) is 35.4 Å². The normalized spacial score (nSPS) is 19.0. The van der Waals surface area contributed by atoms with Crippen molar-refractivity contribution in [1.29, 1.82) is 0 Å². The fraction of sp³-hybridized carbons (Fsp3) is 0.382. The molecule has 232 valence electrons. The molecule has 2 fully saturated rings. The number of methoxy groups -OCH3 is 1. The third-order valence-corrected chi connectivity index (χ3v) is 8.43. The molecule has 0 bridgehead atoms. The maximum Gasteiger partial charge on any atom is 0.417 e. The summed E-state index contributed by atoms with van der Waals surface area (Å²) in [6.07, 6.45) is -4.36. The molecule has 7 nitrogen and oxygen atoms in total. The van der Waals surface area contributed by atoms with Gasteiger partial charge in [0.05, 0.1) is 24.6 Å². The van der Waals surface area contributed by atoms with Crippen LogP contribution < -0.4 is 4.74 Å². The van der Waals surface area contributed by atoms with Crippen LogP contribution in [0.3, 0.4) is 0 Å². The summed E-state index contributed by atoms with van der Waals surface area (Å²) in [5.41, 5.74) is 1.74. The molecule has 1 aliphatic carbocycles. The van der Waals surface area contributed by atoms with Gasteiger partial charge in [0, 0.05) is 24.6 Å². The molecule has 0 radical (unpaired) electrons. The lowest BCUT2D eigenvalue weighted by molar-refractivity contribution is -0.137. The highest BCUT2D eigenvalue weighted by Gasteiger charge is 2.45. The first-order chi connectivity index (χ1) is 20.9. The molecule has 1 saturated heterocycles. The Morgan fingerprint density at radius 1 is 1.05 bits per heavy atom. The lowest BCUT2D eigenvalue weighted by Crippen LogP contribution is -2.40. The van der Waals surface area contributed by atoms with Crippen LogP contribution in [0.4, 0.5) is 18.0 Å². The summed E-state index contributed by atoms with van der Waals surface area (Å²) >= 11 is 0. The van der Waals surface area contributed by atoms with Gasteiger partial charge in [-0.3, -0.25) is 9.59 Å². The Kier molecular flexibility index (Phi) is 8.72. The van der Waals surface area contributed by atoms with Crippen molar-refractivity contribution in [1.82, 2.24) is 9.80 Å². The zero-order valence-electron chi connectivity index (χ0n) is 25.1. The summed E-state index contributed by atoms with van der Waals surface area (Å²) in [5.74, 6) is -1.02. The van der Waals surface area contributed by atoms with Crippen molar-refractivity contribution in [3.63, 3.8) is 0 Å². The van der Waals surface area contributed by atoms with Crippen molar-refractivity contribution in [2.45, 2.75) is 64.4 Å². The second-order valence-electron chi connectivity index (χ2n) is 11.3. The van der Waals surface area contributed by atoms with Gasteiger partial charge in [-0.1, -0.05) is 42.5 Å². The molecule has 3 aromatic rings. The Bertz CT molecular complexity index is 1550. The number of hydrogen-bond acceptors (Lipinski definition) is 5. The van der Waals surface area contributed by atoms with Gasteiger partial charge in [-0.05, 0) is 80.1 Å². The Hall–Kier alpha value is -4.34. The summed E-state index contributed by atoms with van der Waals surface area (Å²) < 4.78 is 52.5. The molecule has 0 aromatic heterocycles. The second kappa shape index (κ2) is 12.3. The number of halogens is 3. The van der Waals surface area contributed by atoms with E-state index in [1.54, 1.807) is 43.9 Å². The number of carbonyl (C=O) groups excluding carboxylic acids is 3. The molecule has 1 aliphatic heterocycles. The number of nitrogens with zero attached hydrogens (tertiary/aromatic N) is 2. The second-order valence-corrected chi connectivity index (χ2v) is 11.3. The van der Waals surface area contributed by atoms with E-state index in [0.29, 0.717) is 34.5 Å². The molecule has 0 unspecified atom stereocenters. The molecule has 3 aromatic carbocycles. The van der Waals surface area contributed by atoms with Crippen LogP contribution in [0, 0.1) is 5.92 Å². The van der Waals surface area contributed by atoms with E-state index < -0.39 is 41.8 Å². The van der Waals surface area contributed by atoms with Crippen molar-refractivity contribution >= 4 is 17.9 Å². The minimum absolute atomic E-state index is 0.00897. The number of imide groups is 1. The lowest BCUT2D eigenvalue weighted by atomic mass is 9.91. The Labute approximate surface area is 254 Å². The molecule has 3 amide bonds. The number of cyclic esters (lactones) is 1. The average Bonchev–Trinajstić information content (AvgIpc) is 3.82. The standard InChI is InChI=1S/C34H35F3N2O5/c1-5-38(32(41)23-11-12-23)19-25-17-26(34(35,36)37)14-15-27(25)28-18-24(13-16-29(28)43-4)20(2)31(40)39-21(3)30(44-33(39)42)22-9-7-6-8-10-22/h6-10,13-18,20-21,23,30H,5,11-12,19H2,1-4H3/t20-,21-,30-/m1/s1. The van der Waals surface area contributed by atoms with E-state index in [-0.39, 0.29) is 18.4 Å². The number of benzene rings is 3. The molecular formula is C34H35F3N2O5. The summed E-state index contributed by atoms with van der Waals surface area (Å²) in [6, 6.07) is 17.1. The fourth-order valence-electron chi connectivity index (χ4n) is 5.71. The van der Waals surface area contributed by atoms with E-state index >= 15 is 0 Å². The van der Waals surface area contributed by atoms with Gasteiger partial charge in [0.2, 0.25) is 11.8 Å². The molecule has 1 heterocycles. The van der Waals surface area contributed by atoms with Gasteiger partial charge >= 0.3 is 12.3 Å². The van der Waals surface area contributed by atoms with Crippen molar-refractivity contribution in [3.05, 3.63) is 89.0 Å². The molecule has 5 rings (SSSR count). The number of amides is 3. The van der Waals surface area contributed by atoms with Gasteiger partial charge in [-0.25, -0.2) is 9.69 Å². The third kappa shape index (κ3) is 6.16. The quantitative estimate of drug-likeness (QED) is 0.254. The molecule has 3 atom stereocenters. The number of rotatable bonds is 9. The van der Waals surface area contributed by atoms with Crippen LogP contribution in [0.25, 0.3) is 11.1 Å². The van der Waals surface area contributed by atoms with Crippen LogP contribution in [-0.4, -0.2) is 47.4 Å². The van der Waals surface area contributed by atoms with E-state index in [9.17, 15) is 27.6 Å². The number of carbonyl (C=O) groups is 3. The van der Waals surface area contributed by atoms with Gasteiger partial charge in [-0.2, -0.15) is 13.2 Å². The SMILES string of the molecule is CCN(Cc1cc(C(F)(F)F)ccc1-c1cc([C@@H](C)C(=O)N2C(=O)O[C@@H](c3ccccc3)[C@H]2C)ccc1OC)C(=O)C1CC1. The van der Waals surface area contributed by atoms with Crippen molar-refractivity contribution in [2.24, 2.45) is 5.92 Å². The number of hydrogen-bond donors (Lipinski definition) is 0.